The van der Waals surface area contributed by atoms with E-state index in [1.807, 2.05) is 4.90 Å². The Balaban J connectivity index is 1.99. The van der Waals surface area contributed by atoms with Gasteiger partial charge in [0.25, 0.3) is 0 Å². The summed E-state index contributed by atoms with van der Waals surface area (Å²) in [7, 11) is 3.52. The van der Waals surface area contributed by atoms with Crippen molar-refractivity contribution in [2.75, 3.05) is 32.1 Å². The molecule has 0 radical (unpaired) electrons. The first kappa shape index (κ1) is 19.7. The van der Waals surface area contributed by atoms with Gasteiger partial charge in [-0.25, -0.2) is 9.18 Å². The maximum atomic E-state index is 15.3. The van der Waals surface area contributed by atoms with Gasteiger partial charge in [0.2, 0.25) is 5.43 Å². The molecule has 2 atom stereocenters. The van der Waals surface area contributed by atoms with E-state index in [-0.39, 0.29) is 29.1 Å². The summed E-state index contributed by atoms with van der Waals surface area (Å²) in [5, 5.41) is 9.48. The van der Waals surface area contributed by atoms with Crippen LogP contribution >= 0.6 is 0 Å². The van der Waals surface area contributed by atoms with Gasteiger partial charge in [0, 0.05) is 37.4 Å². The molecule has 1 aromatic carbocycles. The Labute approximate surface area is 168 Å². The smallest absolute Gasteiger partial charge is 0.341 e. The number of benzene rings is 1. The third-order valence-corrected chi connectivity index (χ3v) is 6.25. The van der Waals surface area contributed by atoms with Crippen LogP contribution in [0, 0.1) is 5.82 Å². The second-order valence-corrected chi connectivity index (χ2v) is 8.22. The van der Waals surface area contributed by atoms with Crippen LogP contribution in [0.3, 0.4) is 0 Å². The minimum atomic E-state index is -1.31. The third-order valence-electron chi connectivity index (χ3n) is 6.25. The number of ether oxygens (including phenoxy) is 1. The number of piperazine rings is 1. The molecule has 156 valence electrons. The molecule has 1 aliphatic heterocycles. The molecule has 29 heavy (non-hydrogen) atoms. The van der Waals surface area contributed by atoms with Gasteiger partial charge in [-0.3, -0.25) is 9.69 Å². The Morgan fingerprint density at radius 2 is 1.86 bits per heavy atom. The van der Waals surface area contributed by atoms with Crippen molar-refractivity contribution in [1.29, 1.82) is 0 Å². The second-order valence-electron chi connectivity index (χ2n) is 8.22. The van der Waals surface area contributed by atoms with Crippen LogP contribution in [0.1, 0.15) is 43.1 Å². The Hall–Kier alpha value is -2.61. The molecule has 2 unspecified atom stereocenters. The number of pyridine rings is 1. The van der Waals surface area contributed by atoms with Crippen molar-refractivity contribution in [3.05, 3.63) is 33.9 Å². The van der Waals surface area contributed by atoms with Gasteiger partial charge in [0.1, 0.15) is 11.3 Å². The van der Waals surface area contributed by atoms with Crippen LogP contribution in [0.4, 0.5) is 10.1 Å². The van der Waals surface area contributed by atoms with Gasteiger partial charge in [-0.15, -0.1) is 0 Å². The third kappa shape index (κ3) is 3.15. The number of carboxylic acid groups (broad SMARTS) is 1. The average molecular weight is 403 g/mol. The highest BCUT2D eigenvalue weighted by atomic mass is 19.1. The topological polar surface area (TPSA) is 75.0 Å². The highest BCUT2D eigenvalue weighted by molar-refractivity contribution is 5.97. The molecule has 4 rings (SSSR count). The van der Waals surface area contributed by atoms with Crippen molar-refractivity contribution in [3.63, 3.8) is 0 Å². The quantitative estimate of drug-likeness (QED) is 0.846. The Bertz CT molecular complexity index is 1030. The molecule has 2 aliphatic rings. The number of fused-ring (bicyclic) bond motifs is 1. The molecule has 2 aromatic rings. The van der Waals surface area contributed by atoms with Crippen molar-refractivity contribution in [1.82, 2.24) is 9.47 Å². The summed E-state index contributed by atoms with van der Waals surface area (Å²) in [6.45, 7) is 5.43. The van der Waals surface area contributed by atoms with E-state index in [9.17, 15) is 14.7 Å². The second kappa shape index (κ2) is 7.02. The van der Waals surface area contributed by atoms with E-state index in [2.05, 4.69) is 25.8 Å². The Kier molecular flexibility index (Phi) is 4.77. The molecule has 1 N–H and O–H groups in total. The van der Waals surface area contributed by atoms with E-state index in [0.29, 0.717) is 30.0 Å². The molecule has 8 heteroatoms. The van der Waals surface area contributed by atoms with Crippen molar-refractivity contribution in [3.8, 4) is 5.75 Å². The molecule has 7 nitrogen and oxygen atoms in total. The highest BCUT2D eigenvalue weighted by Gasteiger charge is 2.34. The van der Waals surface area contributed by atoms with E-state index in [4.69, 9.17) is 4.74 Å². The zero-order valence-electron chi connectivity index (χ0n) is 17.1. The lowest BCUT2D eigenvalue weighted by atomic mass is 10.0. The summed E-state index contributed by atoms with van der Waals surface area (Å²) in [5.74, 6) is -1.58. The largest absolute Gasteiger partial charge is 0.492 e. The van der Waals surface area contributed by atoms with Gasteiger partial charge in [-0.05, 0) is 39.8 Å². The van der Waals surface area contributed by atoms with Crippen molar-refractivity contribution < 1.29 is 19.0 Å². The van der Waals surface area contributed by atoms with Crippen molar-refractivity contribution in [2.24, 2.45) is 0 Å². The maximum absolute atomic E-state index is 15.3. The normalized spacial score (nSPS) is 22.9. The molecule has 0 spiro atoms. The molecular weight excluding hydrogens is 377 g/mol. The van der Waals surface area contributed by atoms with Gasteiger partial charge < -0.3 is 19.3 Å². The van der Waals surface area contributed by atoms with E-state index < -0.39 is 17.2 Å². The lowest BCUT2D eigenvalue weighted by Gasteiger charge is -2.44. The number of halogens is 1. The van der Waals surface area contributed by atoms with E-state index in [0.717, 1.165) is 12.8 Å². The number of carboxylic acids is 1. The van der Waals surface area contributed by atoms with Crippen LogP contribution in [0.25, 0.3) is 10.9 Å². The molecule has 0 bridgehead atoms. The summed E-state index contributed by atoms with van der Waals surface area (Å²) >= 11 is 0. The number of aromatic nitrogens is 1. The maximum Gasteiger partial charge on any atom is 0.341 e. The van der Waals surface area contributed by atoms with Crippen LogP contribution in [-0.2, 0) is 0 Å². The number of methoxy groups -OCH3 is 1. The lowest BCUT2D eigenvalue weighted by molar-refractivity contribution is 0.0695. The monoisotopic (exact) mass is 403 g/mol. The highest BCUT2D eigenvalue weighted by Crippen LogP contribution is 2.44. The van der Waals surface area contributed by atoms with E-state index in [1.165, 1.54) is 19.4 Å². The SMILES string of the molecule is COc1c(N2CC(C)N(C)C(C)C2)c(F)cc2c(=O)c(C(=O)O)cn(C3CC3)c12. The summed E-state index contributed by atoms with van der Waals surface area (Å²) in [6.07, 6.45) is 3.15. The molecule has 1 saturated carbocycles. The number of carbonyl (C=O) groups is 1. The Morgan fingerprint density at radius 3 is 2.38 bits per heavy atom. The number of hydrogen-bond donors (Lipinski definition) is 1. The van der Waals surface area contributed by atoms with Gasteiger partial charge in [0.05, 0.1) is 18.0 Å². The lowest BCUT2D eigenvalue weighted by Crippen LogP contribution is -2.55. The predicted octanol–water partition coefficient (Wildman–Crippen LogP) is 2.71. The first-order valence-corrected chi connectivity index (χ1v) is 9.90. The van der Waals surface area contributed by atoms with E-state index >= 15 is 4.39 Å². The van der Waals surface area contributed by atoms with Crippen LogP contribution in [-0.4, -0.2) is 59.9 Å². The minimum Gasteiger partial charge on any atom is -0.492 e. The van der Waals surface area contributed by atoms with Crippen LogP contribution in [0.15, 0.2) is 17.1 Å². The minimum absolute atomic E-state index is 0.0464. The van der Waals surface area contributed by atoms with Gasteiger partial charge in [-0.2, -0.15) is 0 Å². The van der Waals surface area contributed by atoms with Gasteiger partial charge >= 0.3 is 5.97 Å². The number of rotatable bonds is 4. The first-order valence-electron chi connectivity index (χ1n) is 9.90. The van der Waals surface area contributed by atoms with Crippen LogP contribution < -0.4 is 15.1 Å². The van der Waals surface area contributed by atoms with Crippen molar-refractivity contribution in [2.45, 2.75) is 44.8 Å². The molecule has 2 heterocycles. The molecular formula is C21H26FN3O4. The fraction of sp³-hybridized carbons (Fsp3) is 0.524. The average Bonchev–Trinajstić information content (AvgIpc) is 3.50. The standard InChI is InChI=1S/C21H26FN3O4/c1-11-8-24(9-12(2)23(11)3)18-16(22)7-14-17(20(18)29-4)25(13-5-6-13)10-15(19(14)26)21(27)28/h7,10-13H,5-6,8-9H2,1-4H3,(H,27,28). The van der Waals surface area contributed by atoms with E-state index in [1.54, 1.807) is 4.57 Å². The summed E-state index contributed by atoms with van der Waals surface area (Å²) in [5.41, 5.74) is -0.224. The predicted molar refractivity (Wildman–Crippen MR) is 109 cm³/mol. The number of aromatic carboxylic acids is 1. The fourth-order valence-electron chi connectivity index (χ4n) is 4.31. The summed E-state index contributed by atoms with van der Waals surface area (Å²) in [6, 6.07) is 1.71. The fourth-order valence-corrected chi connectivity index (χ4v) is 4.31. The molecule has 1 saturated heterocycles. The molecule has 1 aliphatic carbocycles. The van der Waals surface area contributed by atoms with Crippen LogP contribution in [0.2, 0.25) is 0 Å². The molecule has 0 amide bonds. The molecule has 1 aromatic heterocycles. The summed E-state index contributed by atoms with van der Waals surface area (Å²) < 4.78 is 22.8. The van der Waals surface area contributed by atoms with Gasteiger partial charge in [-0.1, -0.05) is 0 Å². The first-order chi connectivity index (χ1) is 13.7. The number of likely N-dealkylation sites (N-methyl/N-ethyl adjacent to an activating group) is 1. The summed E-state index contributed by atoms with van der Waals surface area (Å²) in [4.78, 5) is 28.6. The number of hydrogen-bond acceptors (Lipinski definition) is 5. The number of anilines is 1. The number of nitrogens with zero attached hydrogens (tertiary/aromatic N) is 3. The zero-order chi connectivity index (χ0) is 21.0. The van der Waals surface area contributed by atoms with Crippen LogP contribution in [0.5, 0.6) is 5.75 Å². The van der Waals surface area contributed by atoms with Gasteiger partial charge in [0.15, 0.2) is 11.6 Å². The molecule has 2 fully saturated rings. The van der Waals surface area contributed by atoms with Crippen molar-refractivity contribution >= 4 is 22.6 Å². The Morgan fingerprint density at radius 1 is 1.24 bits per heavy atom. The zero-order valence-corrected chi connectivity index (χ0v) is 17.1.